The summed E-state index contributed by atoms with van der Waals surface area (Å²) >= 11 is 0. The minimum absolute atomic E-state index is 0.219. The van der Waals surface area contributed by atoms with Crippen molar-refractivity contribution in [1.29, 1.82) is 0 Å². The van der Waals surface area contributed by atoms with Crippen molar-refractivity contribution in [3.05, 3.63) is 46.8 Å². The summed E-state index contributed by atoms with van der Waals surface area (Å²) in [6.07, 6.45) is 2.68. The number of ether oxygens (including phenoxy) is 1. The van der Waals surface area contributed by atoms with Gasteiger partial charge in [0.2, 0.25) is 5.91 Å². The highest BCUT2D eigenvalue weighted by Gasteiger charge is 2.20. The third kappa shape index (κ3) is 4.41. The fourth-order valence-corrected chi connectivity index (χ4v) is 3.11. The van der Waals surface area contributed by atoms with E-state index >= 15 is 0 Å². The van der Waals surface area contributed by atoms with Crippen LogP contribution in [-0.4, -0.2) is 29.1 Å². The van der Waals surface area contributed by atoms with E-state index in [-0.39, 0.29) is 5.91 Å². The smallest absolute Gasteiger partial charge is 0.226 e. The molecule has 2 aromatic rings. The quantitative estimate of drug-likeness (QED) is 0.832. The van der Waals surface area contributed by atoms with Crippen LogP contribution in [0.3, 0.4) is 0 Å². The van der Waals surface area contributed by atoms with Crippen molar-refractivity contribution >= 4 is 5.91 Å². The molecule has 1 aromatic heterocycles. The summed E-state index contributed by atoms with van der Waals surface area (Å²) in [5, 5.41) is 3.93. The zero-order chi connectivity index (χ0) is 17.8. The fourth-order valence-electron chi connectivity index (χ4n) is 3.11. The Morgan fingerprint density at radius 2 is 1.92 bits per heavy atom. The van der Waals surface area contributed by atoms with E-state index in [0.717, 1.165) is 60.2 Å². The first-order chi connectivity index (χ1) is 12.0. The highest BCUT2D eigenvalue weighted by molar-refractivity contribution is 5.78. The van der Waals surface area contributed by atoms with Crippen LogP contribution in [0.1, 0.15) is 42.3 Å². The van der Waals surface area contributed by atoms with E-state index in [1.54, 1.807) is 0 Å². The monoisotopic (exact) mass is 342 g/mol. The Morgan fingerprint density at radius 1 is 1.24 bits per heavy atom. The number of aromatic nitrogens is 1. The molecule has 2 heterocycles. The van der Waals surface area contributed by atoms with E-state index in [2.05, 4.69) is 12.1 Å². The molecule has 1 aliphatic rings. The normalized spacial score (nSPS) is 15.4. The largest absolute Gasteiger partial charge is 0.489 e. The van der Waals surface area contributed by atoms with Crippen LogP contribution in [0.4, 0.5) is 0 Å². The third-order valence-corrected chi connectivity index (χ3v) is 4.98. The molecule has 1 fully saturated rings. The average Bonchev–Trinajstić information content (AvgIpc) is 2.93. The van der Waals surface area contributed by atoms with Gasteiger partial charge >= 0.3 is 0 Å². The van der Waals surface area contributed by atoms with Gasteiger partial charge in [0.05, 0.1) is 17.7 Å². The molecule has 0 radical (unpaired) electrons. The van der Waals surface area contributed by atoms with Gasteiger partial charge in [-0.3, -0.25) is 4.79 Å². The summed E-state index contributed by atoms with van der Waals surface area (Å²) in [5.41, 5.74) is 2.86. The van der Waals surface area contributed by atoms with Gasteiger partial charge < -0.3 is 14.2 Å². The van der Waals surface area contributed by atoms with Crippen molar-refractivity contribution in [2.24, 2.45) is 5.92 Å². The number of piperidine rings is 1. The van der Waals surface area contributed by atoms with Crippen molar-refractivity contribution in [3.8, 4) is 5.75 Å². The Morgan fingerprint density at radius 3 is 2.52 bits per heavy atom. The van der Waals surface area contributed by atoms with Crippen LogP contribution in [-0.2, 0) is 17.8 Å². The van der Waals surface area contributed by atoms with Crippen LogP contribution in [0.25, 0.3) is 0 Å². The molecule has 0 bridgehead atoms. The van der Waals surface area contributed by atoms with Gasteiger partial charge in [-0.1, -0.05) is 24.2 Å². The summed E-state index contributed by atoms with van der Waals surface area (Å²) < 4.78 is 10.9. The molecule has 0 spiro atoms. The number of carbonyl (C=O) groups is 1. The molecule has 0 atom stereocenters. The minimum atomic E-state index is 0.219. The highest BCUT2D eigenvalue weighted by atomic mass is 16.5. The first-order valence-electron chi connectivity index (χ1n) is 8.94. The summed E-state index contributed by atoms with van der Waals surface area (Å²) in [6, 6.07) is 7.76. The highest BCUT2D eigenvalue weighted by Crippen LogP contribution is 2.20. The van der Waals surface area contributed by atoms with Gasteiger partial charge in [-0.15, -0.1) is 0 Å². The number of hydrogen-bond donors (Lipinski definition) is 0. The van der Waals surface area contributed by atoms with E-state index in [1.807, 2.05) is 43.0 Å². The molecule has 0 N–H and O–H groups in total. The maximum Gasteiger partial charge on any atom is 0.226 e. The van der Waals surface area contributed by atoms with Crippen LogP contribution in [0.15, 0.2) is 28.8 Å². The molecule has 1 aliphatic heterocycles. The number of aryl methyl sites for hydroxylation is 2. The molecule has 5 heteroatoms. The summed E-state index contributed by atoms with van der Waals surface area (Å²) in [7, 11) is 0. The predicted molar refractivity (Wildman–Crippen MR) is 95.4 cm³/mol. The maximum absolute atomic E-state index is 12.4. The Labute approximate surface area is 148 Å². The van der Waals surface area contributed by atoms with Gasteiger partial charge in [-0.05, 0) is 50.3 Å². The summed E-state index contributed by atoms with van der Waals surface area (Å²) in [4.78, 5) is 14.4. The number of rotatable bonds is 5. The lowest BCUT2D eigenvalue weighted by Gasteiger charge is -2.30. The first-order valence-corrected chi connectivity index (χ1v) is 8.94. The third-order valence-electron chi connectivity index (χ3n) is 4.98. The van der Waals surface area contributed by atoms with Crippen molar-refractivity contribution in [1.82, 2.24) is 10.1 Å². The standard InChI is InChI=1S/C20H26N2O3/c1-14-8-10-22(11-9-14)20(23)12-17-4-6-18(7-5-17)24-13-19-15(2)21-25-16(19)3/h4-7,14H,8-13H2,1-3H3. The van der Waals surface area contributed by atoms with Crippen LogP contribution in [0.2, 0.25) is 0 Å². The molecule has 1 aromatic carbocycles. The Balaban J connectivity index is 1.52. The second-order valence-corrected chi connectivity index (χ2v) is 6.98. The first kappa shape index (κ1) is 17.5. The second-order valence-electron chi connectivity index (χ2n) is 6.98. The molecule has 1 saturated heterocycles. The van der Waals surface area contributed by atoms with Crippen LogP contribution < -0.4 is 4.74 Å². The number of hydrogen-bond acceptors (Lipinski definition) is 4. The number of nitrogens with zero attached hydrogens (tertiary/aromatic N) is 2. The lowest BCUT2D eigenvalue weighted by atomic mass is 9.98. The topological polar surface area (TPSA) is 55.6 Å². The molecule has 0 unspecified atom stereocenters. The molecule has 0 aliphatic carbocycles. The zero-order valence-corrected chi connectivity index (χ0v) is 15.2. The number of benzene rings is 1. The van der Waals surface area contributed by atoms with E-state index in [9.17, 15) is 4.79 Å². The van der Waals surface area contributed by atoms with Crippen LogP contribution >= 0.6 is 0 Å². The van der Waals surface area contributed by atoms with Gasteiger partial charge in [0.15, 0.2) is 0 Å². The Bertz CT molecular complexity index is 694. The Kier molecular flexibility index (Phi) is 5.41. The van der Waals surface area contributed by atoms with E-state index in [1.165, 1.54) is 0 Å². The molecular weight excluding hydrogens is 316 g/mol. The Hall–Kier alpha value is -2.30. The van der Waals surface area contributed by atoms with Crippen molar-refractivity contribution in [2.45, 2.75) is 46.6 Å². The van der Waals surface area contributed by atoms with Crippen molar-refractivity contribution in [3.63, 3.8) is 0 Å². The molecule has 0 saturated carbocycles. The lowest BCUT2D eigenvalue weighted by Crippen LogP contribution is -2.38. The van der Waals surface area contributed by atoms with E-state index in [0.29, 0.717) is 13.0 Å². The summed E-state index contributed by atoms with van der Waals surface area (Å²) in [5.74, 6) is 2.52. The SMILES string of the molecule is Cc1noc(C)c1COc1ccc(CC(=O)N2CCC(C)CC2)cc1. The zero-order valence-electron chi connectivity index (χ0n) is 15.2. The molecular formula is C20H26N2O3. The minimum Gasteiger partial charge on any atom is -0.489 e. The van der Waals surface area contributed by atoms with Crippen LogP contribution in [0.5, 0.6) is 5.75 Å². The summed E-state index contributed by atoms with van der Waals surface area (Å²) in [6.45, 7) is 8.26. The lowest BCUT2D eigenvalue weighted by molar-refractivity contribution is -0.131. The molecule has 134 valence electrons. The van der Waals surface area contributed by atoms with Gasteiger partial charge in [-0.25, -0.2) is 0 Å². The molecule has 25 heavy (non-hydrogen) atoms. The van der Waals surface area contributed by atoms with Gasteiger partial charge in [0.25, 0.3) is 0 Å². The fraction of sp³-hybridized carbons (Fsp3) is 0.500. The van der Waals surface area contributed by atoms with E-state index < -0.39 is 0 Å². The number of carbonyl (C=O) groups excluding carboxylic acids is 1. The van der Waals surface area contributed by atoms with Gasteiger partial charge in [-0.2, -0.15) is 0 Å². The van der Waals surface area contributed by atoms with Crippen molar-refractivity contribution < 1.29 is 14.1 Å². The van der Waals surface area contributed by atoms with Gasteiger partial charge in [0.1, 0.15) is 18.1 Å². The average molecular weight is 342 g/mol. The molecule has 5 nitrogen and oxygen atoms in total. The number of amides is 1. The van der Waals surface area contributed by atoms with Crippen LogP contribution in [0, 0.1) is 19.8 Å². The maximum atomic E-state index is 12.4. The van der Waals surface area contributed by atoms with E-state index in [4.69, 9.17) is 9.26 Å². The molecule has 3 rings (SSSR count). The van der Waals surface area contributed by atoms with Crippen molar-refractivity contribution in [2.75, 3.05) is 13.1 Å². The predicted octanol–water partition coefficient (Wildman–Crippen LogP) is 3.67. The molecule has 1 amide bonds. The van der Waals surface area contributed by atoms with Gasteiger partial charge in [0, 0.05) is 13.1 Å². The number of likely N-dealkylation sites (tertiary alicyclic amines) is 1. The second kappa shape index (κ2) is 7.72.